The van der Waals surface area contributed by atoms with Crippen molar-refractivity contribution in [3.05, 3.63) is 34.3 Å². The monoisotopic (exact) mass is 341 g/mol. The summed E-state index contributed by atoms with van der Waals surface area (Å²) in [6, 6.07) is 7.85. The van der Waals surface area contributed by atoms with Gasteiger partial charge in [-0.3, -0.25) is 4.90 Å². The summed E-state index contributed by atoms with van der Waals surface area (Å²) < 4.78 is 1.01. The fraction of sp³-hybridized carbons (Fsp3) is 0.500. The number of aliphatic hydroxyl groups excluding tert-OH is 1. The summed E-state index contributed by atoms with van der Waals surface area (Å²) in [4.78, 5) is 16.1. The summed E-state index contributed by atoms with van der Waals surface area (Å²) in [5, 5.41) is 11.8. The summed E-state index contributed by atoms with van der Waals surface area (Å²) in [5.74, 6) is 0. The molecule has 5 nitrogen and oxygen atoms in total. The van der Waals surface area contributed by atoms with Gasteiger partial charge in [0.15, 0.2) is 0 Å². The summed E-state index contributed by atoms with van der Waals surface area (Å²) >= 11 is 3.47. The predicted octanol–water partition coefficient (Wildman–Crippen LogP) is 1.27. The van der Waals surface area contributed by atoms with Crippen molar-refractivity contribution in [3.63, 3.8) is 0 Å². The number of β-amino-alcohol motifs (C(OH)–C–C–N with tert-alkyl or cyclic N) is 1. The van der Waals surface area contributed by atoms with Crippen LogP contribution in [0.5, 0.6) is 0 Å². The third-order valence-electron chi connectivity index (χ3n) is 3.46. The Bertz CT molecular complexity index is 448. The Morgan fingerprint density at radius 2 is 1.95 bits per heavy atom. The van der Waals surface area contributed by atoms with Gasteiger partial charge >= 0.3 is 6.03 Å². The maximum atomic E-state index is 12.1. The number of piperazine rings is 1. The molecule has 0 bridgehead atoms. The van der Waals surface area contributed by atoms with Crippen molar-refractivity contribution >= 4 is 22.0 Å². The van der Waals surface area contributed by atoms with E-state index in [-0.39, 0.29) is 12.6 Å². The molecule has 6 heteroatoms. The third kappa shape index (κ3) is 4.19. The molecule has 1 aromatic carbocycles. The minimum atomic E-state index is -0.0237. The van der Waals surface area contributed by atoms with Crippen molar-refractivity contribution in [1.29, 1.82) is 0 Å². The number of carbonyl (C=O) groups is 1. The van der Waals surface area contributed by atoms with E-state index in [1.54, 1.807) is 0 Å². The van der Waals surface area contributed by atoms with E-state index >= 15 is 0 Å². The van der Waals surface area contributed by atoms with Crippen molar-refractivity contribution in [3.8, 4) is 0 Å². The SMILES string of the molecule is O=C(NCc1ccccc1Br)N1CCN(CCO)CC1. The number of hydrogen-bond donors (Lipinski definition) is 2. The molecular formula is C14H20BrN3O2. The lowest BCUT2D eigenvalue weighted by Gasteiger charge is -2.34. The van der Waals surface area contributed by atoms with Crippen LogP contribution in [0.1, 0.15) is 5.56 Å². The number of urea groups is 1. The number of nitrogens with zero attached hydrogens (tertiary/aromatic N) is 2. The molecule has 0 radical (unpaired) electrons. The van der Waals surface area contributed by atoms with Crippen LogP contribution < -0.4 is 5.32 Å². The Balaban J connectivity index is 1.77. The van der Waals surface area contributed by atoms with E-state index in [0.29, 0.717) is 26.2 Å². The molecule has 2 rings (SSSR count). The summed E-state index contributed by atoms with van der Waals surface area (Å²) in [6.07, 6.45) is 0. The lowest BCUT2D eigenvalue weighted by molar-refractivity contribution is 0.122. The first-order chi connectivity index (χ1) is 9.70. The Kier molecular flexibility index (Phi) is 5.82. The van der Waals surface area contributed by atoms with Crippen molar-refractivity contribution in [2.45, 2.75) is 6.54 Å². The van der Waals surface area contributed by atoms with Gasteiger partial charge in [-0.1, -0.05) is 34.1 Å². The molecule has 2 N–H and O–H groups in total. The summed E-state index contributed by atoms with van der Waals surface area (Å²) in [5.41, 5.74) is 1.07. The molecule has 0 atom stereocenters. The van der Waals surface area contributed by atoms with Gasteiger partial charge in [-0.25, -0.2) is 4.79 Å². The molecule has 1 heterocycles. The number of aliphatic hydroxyl groups is 1. The van der Waals surface area contributed by atoms with Crippen LogP contribution in [0.3, 0.4) is 0 Å². The van der Waals surface area contributed by atoms with Gasteiger partial charge in [0.2, 0.25) is 0 Å². The van der Waals surface area contributed by atoms with Crippen LogP contribution in [0.25, 0.3) is 0 Å². The molecule has 0 saturated carbocycles. The molecule has 2 amide bonds. The maximum absolute atomic E-state index is 12.1. The molecule has 0 spiro atoms. The second-order valence-corrected chi connectivity index (χ2v) is 5.66. The van der Waals surface area contributed by atoms with Gasteiger partial charge in [0.1, 0.15) is 0 Å². The normalized spacial score (nSPS) is 16.2. The van der Waals surface area contributed by atoms with Crippen LogP contribution in [0.4, 0.5) is 4.79 Å². The highest BCUT2D eigenvalue weighted by molar-refractivity contribution is 9.10. The Morgan fingerprint density at radius 3 is 2.60 bits per heavy atom. The average molecular weight is 342 g/mol. The number of nitrogens with one attached hydrogen (secondary N) is 1. The highest BCUT2D eigenvalue weighted by Gasteiger charge is 2.20. The quantitative estimate of drug-likeness (QED) is 0.867. The first-order valence-electron chi connectivity index (χ1n) is 6.80. The van der Waals surface area contributed by atoms with Crippen molar-refractivity contribution < 1.29 is 9.90 Å². The van der Waals surface area contributed by atoms with Crippen LogP contribution in [-0.4, -0.2) is 60.3 Å². The molecule has 1 aliphatic heterocycles. The molecule has 1 saturated heterocycles. The van der Waals surface area contributed by atoms with Gasteiger partial charge in [-0.05, 0) is 11.6 Å². The first kappa shape index (κ1) is 15.3. The van der Waals surface area contributed by atoms with Crippen molar-refractivity contribution in [2.75, 3.05) is 39.3 Å². The summed E-state index contributed by atoms with van der Waals surface area (Å²) in [7, 11) is 0. The Labute approximate surface area is 127 Å². The van der Waals surface area contributed by atoms with Crippen LogP contribution in [0, 0.1) is 0 Å². The first-order valence-corrected chi connectivity index (χ1v) is 7.59. The van der Waals surface area contributed by atoms with Gasteiger partial charge in [-0.2, -0.15) is 0 Å². The minimum Gasteiger partial charge on any atom is -0.395 e. The molecule has 110 valence electrons. The maximum Gasteiger partial charge on any atom is 0.317 e. The van der Waals surface area contributed by atoms with E-state index < -0.39 is 0 Å². The van der Waals surface area contributed by atoms with E-state index in [1.807, 2.05) is 29.2 Å². The molecule has 1 aromatic rings. The van der Waals surface area contributed by atoms with E-state index in [4.69, 9.17) is 5.11 Å². The number of carbonyl (C=O) groups excluding carboxylic acids is 1. The zero-order valence-corrected chi connectivity index (χ0v) is 13.0. The van der Waals surface area contributed by atoms with E-state index in [9.17, 15) is 4.79 Å². The molecular weight excluding hydrogens is 322 g/mol. The smallest absolute Gasteiger partial charge is 0.317 e. The lowest BCUT2D eigenvalue weighted by atomic mass is 10.2. The van der Waals surface area contributed by atoms with E-state index in [0.717, 1.165) is 23.1 Å². The number of rotatable bonds is 4. The number of hydrogen-bond acceptors (Lipinski definition) is 3. The minimum absolute atomic E-state index is 0.0237. The number of benzene rings is 1. The molecule has 1 fully saturated rings. The van der Waals surface area contributed by atoms with Crippen molar-refractivity contribution in [2.24, 2.45) is 0 Å². The topological polar surface area (TPSA) is 55.8 Å². The van der Waals surface area contributed by atoms with Gasteiger partial charge in [0, 0.05) is 43.7 Å². The van der Waals surface area contributed by atoms with Crippen molar-refractivity contribution in [1.82, 2.24) is 15.1 Å². The lowest BCUT2D eigenvalue weighted by Crippen LogP contribution is -2.52. The molecule has 0 unspecified atom stereocenters. The number of halogens is 1. The largest absolute Gasteiger partial charge is 0.395 e. The van der Waals surface area contributed by atoms with Gasteiger partial charge in [0.25, 0.3) is 0 Å². The summed E-state index contributed by atoms with van der Waals surface area (Å²) in [6.45, 7) is 4.45. The highest BCUT2D eigenvalue weighted by atomic mass is 79.9. The molecule has 0 aromatic heterocycles. The average Bonchev–Trinajstić information content (AvgIpc) is 2.47. The highest BCUT2D eigenvalue weighted by Crippen LogP contribution is 2.15. The fourth-order valence-corrected chi connectivity index (χ4v) is 2.67. The molecule has 20 heavy (non-hydrogen) atoms. The standard InChI is InChI=1S/C14H20BrN3O2/c15-13-4-2-1-3-12(13)11-16-14(20)18-7-5-17(6-8-18)9-10-19/h1-4,19H,5-11H2,(H,16,20). The Hall–Kier alpha value is -1.11. The van der Waals surface area contributed by atoms with Gasteiger partial charge in [0.05, 0.1) is 6.61 Å². The van der Waals surface area contributed by atoms with E-state index in [2.05, 4.69) is 26.1 Å². The predicted molar refractivity (Wildman–Crippen MR) is 81.5 cm³/mol. The van der Waals surface area contributed by atoms with Crippen LogP contribution in [0.2, 0.25) is 0 Å². The second kappa shape index (κ2) is 7.61. The number of amides is 2. The van der Waals surface area contributed by atoms with E-state index in [1.165, 1.54) is 0 Å². The van der Waals surface area contributed by atoms with Crippen LogP contribution in [0.15, 0.2) is 28.7 Å². The molecule has 0 aliphatic carbocycles. The zero-order valence-electron chi connectivity index (χ0n) is 11.4. The third-order valence-corrected chi connectivity index (χ3v) is 4.24. The van der Waals surface area contributed by atoms with Crippen LogP contribution in [-0.2, 0) is 6.54 Å². The Morgan fingerprint density at radius 1 is 1.25 bits per heavy atom. The van der Waals surface area contributed by atoms with Gasteiger partial charge < -0.3 is 15.3 Å². The second-order valence-electron chi connectivity index (χ2n) is 4.80. The fourth-order valence-electron chi connectivity index (χ4n) is 2.24. The van der Waals surface area contributed by atoms with Gasteiger partial charge in [-0.15, -0.1) is 0 Å². The molecule has 1 aliphatic rings. The zero-order chi connectivity index (χ0) is 14.4. The van der Waals surface area contributed by atoms with Crippen LogP contribution >= 0.6 is 15.9 Å².